The van der Waals surface area contributed by atoms with Gasteiger partial charge in [0.1, 0.15) is 11.2 Å². The third-order valence-corrected chi connectivity index (χ3v) is 4.10. The van der Waals surface area contributed by atoms with Crippen LogP contribution in [-0.2, 0) is 4.79 Å². The van der Waals surface area contributed by atoms with Gasteiger partial charge >= 0.3 is 6.03 Å². The van der Waals surface area contributed by atoms with Crippen LogP contribution in [0.5, 0.6) is 0 Å². The number of aryl methyl sites for hydroxylation is 1. The number of carbonyl (C=O) groups is 3. The second-order valence-electron chi connectivity index (χ2n) is 5.70. The van der Waals surface area contributed by atoms with E-state index in [0.717, 1.165) is 24.3 Å². The molecule has 8 heteroatoms. The molecule has 116 valence electrons. The molecule has 3 rings (SSSR count). The van der Waals surface area contributed by atoms with E-state index in [2.05, 4.69) is 20.7 Å². The van der Waals surface area contributed by atoms with Gasteiger partial charge in [0.15, 0.2) is 0 Å². The van der Waals surface area contributed by atoms with E-state index in [-0.39, 0.29) is 5.69 Å². The normalized spacial score (nSPS) is 20.1. The highest BCUT2D eigenvalue weighted by Gasteiger charge is 2.52. The summed E-state index contributed by atoms with van der Waals surface area (Å²) in [5.41, 5.74) is 2.18. The largest absolute Gasteiger partial charge is 0.344 e. The zero-order valence-corrected chi connectivity index (χ0v) is 12.3. The van der Waals surface area contributed by atoms with Crippen molar-refractivity contribution >= 4 is 17.8 Å². The first-order valence-corrected chi connectivity index (χ1v) is 7.28. The molecule has 4 amide bonds. The van der Waals surface area contributed by atoms with E-state index in [9.17, 15) is 14.4 Å². The Hall–Kier alpha value is -2.51. The third-order valence-electron chi connectivity index (χ3n) is 4.10. The molecule has 2 fully saturated rings. The molecule has 0 atom stereocenters. The summed E-state index contributed by atoms with van der Waals surface area (Å²) in [5, 5.41) is 3.48. The van der Waals surface area contributed by atoms with E-state index in [1.54, 1.807) is 6.92 Å². The third kappa shape index (κ3) is 2.40. The number of urea groups is 1. The lowest BCUT2D eigenvalue weighted by Crippen LogP contribution is -2.51. The maximum absolute atomic E-state index is 12.5. The molecule has 22 heavy (non-hydrogen) atoms. The Balaban J connectivity index is 1.74. The van der Waals surface area contributed by atoms with Crippen LogP contribution in [0, 0.1) is 6.92 Å². The number of hydrazine groups is 1. The topological polar surface area (TPSA) is 104 Å². The molecule has 0 aromatic carbocycles. The van der Waals surface area contributed by atoms with Crippen LogP contribution < -0.4 is 10.7 Å². The number of aromatic nitrogens is 2. The van der Waals surface area contributed by atoms with Crippen molar-refractivity contribution in [3.8, 4) is 0 Å². The van der Waals surface area contributed by atoms with Crippen LogP contribution in [0.2, 0.25) is 0 Å². The lowest BCUT2D eigenvalue weighted by Gasteiger charge is -2.30. The summed E-state index contributed by atoms with van der Waals surface area (Å²) < 4.78 is 0. The minimum absolute atomic E-state index is 0.0517. The highest BCUT2D eigenvalue weighted by atomic mass is 16.2. The van der Waals surface area contributed by atoms with Crippen molar-refractivity contribution in [1.29, 1.82) is 0 Å². The van der Waals surface area contributed by atoms with Gasteiger partial charge in [0.25, 0.3) is 11.8 Å². The van der Waals surface area contributed by atoms with E-state index in [1.165, 1.54) is 12.4 Å². The maximum Gasteiger partial charge on any atom is 0.344 e. The van der Waals surface area contributed by atoms with E-state index in [1.807, 2.05) is 0 Å². The van der Waals surface area contributed by atoms with Gasteiger partial charge in [0, 0.05) is 6.20 Å². The standard InChI is InChI=1S/C14H17N5O3/c1-9-7-16-10(8-15-9)11(20)18-19-12(21)14(17-13(19)22)5-3-2-4-6-14/h7-8H,2-6H2,1H3,(H,17,22)(H,18,20). The molecule has 1 saturated carbocycles. The zero-order chi connectivity index (χ0) is 15.7. The van der Waals surface area contributed by atoms with Gasteiger partial charge in [0.2, 0.25) is 0 Å². The predicted molar refractivity (Wildman–Crippen MR) is 75.4 cm³/mol. The van der Waals surface area contributed by atoms with Crippen LogP contribution in [0.25, 0.3) is 0 Å². The Morgan fingerprint density at radius 3 is 2.59 bits per heavy atom. The molecule has 1 aromatic heterocycles. The van der Waals surface area contributed by atoms with Crippen LogP contribution in [0.1, 0.15) is 48.3 Å². The lowest BCUT2D eigenvalue weighted by molar-refractivity contribution is -0.134. The summed E-state index contributed by atoms with van der Waals surface area (Å²) in [6.45, 7) is 1.75. The summed E-state index contributed by atoms with van der Waals surface area (Å²) in [7, 11) is 0. The van der Waals surface area contributed by atoms with Crippen LogP contribution >= 0.6 is 0 Å². The second-order valence-corrected chi connectivity index (χ2v) is 5.70. The van der Waals surface area contributed by atoms with Gasteiger partial charge in [-0.2, -0.15) is 5.01 Å². The van der Waals surface area contributed by atoms with E-state index in [4.69, 9.17) is 0 Å². The summed E-state index contributed by atoms with van der Waals surface area (Å²) in [6.07, 6.45) is 6.79. The molecule has 1 aliphatic heterocycles. The molecule has 1 aromatic rings. The molecule has 0 radical (unpaired) electrons. The summed E-state index contributed by atoms with van der Waals surface area (Å²) in [5.74, 6) is -1.03. The fourth-order valence-corrected chi connectivity index (χ4v) is 2.88. The van der Waals surface area contributed by atoms with E-state index < -0.39 is 23.4 Å². The minimum Gasteiger partial charge on any atom is -0.322 e. The van der Waals surface area contributed by atoms with E-state index in [0.29, 0.717) is 18.5 Å². The van der Waals surface area contributed by atoms with Crippen molar-refractivity contribution in [2.24, 2.45) is 0 Å². The molecule has 2 aliphatic rings. The van der Waals surface area contributed by atoms with Gasteiger partial charge in [-0.3, -0.25) is 20.0 Å². The molecule has 2 heterocycles. The van der Waals surface area contributed by atoms with Gasteiger partial charge in [-0.1, -0.05) is 19.3 Å². The molecule has 1 spiro atoms. The Morgan fingerprint density at radius 1 is 1.23 bits per heavy atom. The number of hydrogen-bond donors (Lipinski definition) is 2. The maximum atomic E-state index is 12.5. The molecule has 1 saturated heterocycles. The predicted octanol–water partition coefficient (Wildman–Crippen LogP) is 0.685. The van der Waals surface area contributed by atoms with Gasteiger partial charge in [0.05, 0.1) is 11.9 Å². The first-order chi connectivity index (χ1) is 10.5. The minimum atomic E-state index is -0.860. The number of amides is 4. The van der Waals surface area contributed by atoms with E-state index >= 15 is 0 Å². The Morgan fingerprint density at radius 2 is 1.95 bits per heavy atom. The number of rotatable bonds is 2. The first-order valence-electron chi connectivity index (χ1n) is 7.28. The van der Waals surface area contributed by atoms with Crippen molar-refractivity contribution < 1.29 is 14.4 Å². The highest BCUT2D eigenvalue weighted by Crippen LogP contribution is 2.32. The van der Waals surface area contributed by atoms with Crippen LogP contribution in [0.3, 0.4) is 0 Å². The Labute approximate surface area is 127 Å². The van der Waals surface area contributed by atoms with Crippen molar-refractivity contribution in [2.75, 3.05) is 0 Å². The molecule has 1 aliphatic carbocycles. The number of imide groups is 1. The monoisotopic (exact) mass is 303 g/mol. The fraction of sp³-hybridized carbons (Fsp3) is 0.500. The molecule has 8 nitrogen and oxygen atoms in total. The van der Waals surface area contributed by atoms with Crippen molar-refractivity contribution in [3.63, 3.8) is 0 Å². The summed E-state index contributed by atoms with van der Waals surface area (Å²) >= 11 is 0. The number of nitrogens with one attached hydrogen (secondary N) is 2. The molecular weight excluding hydrogens is 286 g/mol. The number of hydrogen-bond acceptors (Lipinski definition) is 5. The molecule has 0 bridgehead atoms. The summed E-state index contributed by atoms with van der Waals surface area (Å²) in [6, 6.07) is -0.597. The van der Waals surface area contributed by atoms with Gasteiger partial charge in [-0.05, 0) is 19.8 Å². The van der Waals surface area contributed by atoms with Crippen molar-refractivity contribution in [2.45, 2.75) is 44.6 Å². The lowest BCUT2D eigenvalue weighted by atomic mass is 9.82. The Kier molecular flexibility index (Phi) is 3.51. The summed E-state index contributed by atoms with van der Waals surface area (Å²) in [4.78, 5) is 44.5. The quantitative estimate of drug-likeness (QED) is 0.782. The fourth-order valence-electron chi connectivity index (χ4n) is 2.88. The SMILES string of the molecule is Cc1cnc(C(=O)NN2C(=O)NC3(CCCCC3)C2=O)cn1. The van der Waals surface area contributed by atoms with Gasteiger partial charge in [-0.25, -0.2) is 9.78 Å². The average Bonchev–Trinajstić information content (AvgIpc) is 2.73. The molecule has 2 N–H and O–H groups in total. The van der Waals surface area contributed by atoms with Crippen molar-refractivity contribution in [3.05, 3.63) is 23.8 Å². The van der Waals surface area contributed by atoms with Gasteiger partial charge < -0.3 is 5.32 Å². The second kappa shape index (κ2) is 5.36. The highest BCUT2D eigenvalue weighted by molar-refractivity contribution is 6.09. The van der Waals surface area contributed by atoms with Crippen LogP contribution in [0.4, 0.5) is 4.79 Å². The van der Waals surface area contributed by atoms with Crippen molar-refractivity contribution in [1.82, 2.24) is 25.7 Å². The zero-order valence-electron chi connectivity index (χ0n) is 12.3. The average molecular weight is 303 g/mol. The number of nitrogens with zero attached hydrogens (tertiary/aromatic N) is 3. The molecular formula is C14H17N5O3. The Bertz CT molecular complexity index is 622. The van der Waals surface area contributed by atoms with Gasteiger partial charge in [-0.15, -0.1) is 0 Å². The number of carbonyl (C=O) groups excluding carboxylic acids is 3. The smallest absolute Gasteiger partial charge is 0.322 e. The van der Waals surface area contributed by atoms with Crippen LogP contribution in [-0.4, -0.2) is 38.4 Å². The molecule has 0 unspecified atom stereocenters. The van der Waals surface area contributed by atoms with Crippen LogP contribution in [0.15, 0.2) is 12.4 Å². The first kappa shape index (κ1) is 14.4.